The number of rotatable bonds is 1. The molecule has 1 aliphatic carbocycles. The fourth-order valence-electron chi connectivity index (χ4n) is 4.42. The number of nitrogens with two attached hydrogens (primary N) is 1. The van der Waals surface area contributed by atoms with Crippen LogP contribution < -0.4 is 5.73 Å². The van der Waals surface area contributed by atoms with Gasteiger partial charge in [-0.3, -0.25) is 4.79 Å². The van der Waals surface area contributed by atoms with Crippen LogP contribution in [0.1, 0.15) is 41.9 Å². The first-order chi connectivity index (χ1) is 13.9. The molecule has 5 nitrogen and oxygen atoms in total. The zero-order valence-electron chi connectivity index (χ0n) is 16.4. The molecule has 0 bridgehead atoms. The lowest BCUT2D eigenvalue weighted by molar-refractivity contribution is 0.0913. The lowest BCUT2D eigenvalue weighted by Crippen LogP contribution is -2.26. The first kappa shape index (κ1) is 17.4. The summed E-state index contributed by atoms with van der Waals surface area (Å²) in [7, 11) is 0. The van der Waals surface area contributed by atoms with Gasteiger partial charge in [-0.05, 0) is 40.3 Å². The molecule has 4 aromatic rings. The molecule has 0 amide bonds. The Balaban J connectivity index is 1.81. The van der Waals surface area contributed by atoms with Gasteiger partial charge in [-0.1, -0.05) is 50.2 Å². The fraction of sp³-hybridized carbons (Fsp3) is 0.208. The maximum Gasteiger partial charge on any atom is 0.167 e. The van der Waals surface area contributed by atoms with Crippen molar-refractivity contribution in [1.29, 1.82) is 5.26 Å². The lowest BCUT2D eigenvalue weighted by atomic mass is 9.76. The number of ketones is 1. The van der Waals surface area contributed by atoms with Crippen molar-refractivity contribution in [3.05, 3.63) is 65.4 Å². The van der Waals surface area contributed by atoms with E-state index in [1.165, 1.54) is 0 Å². The molecule has 5 heteroatoms. The van der Waals surface area contributed by atoms with Gasteiger partial charge in [0.2, 0.25) is 0 Å². The Bertz CT molecular complexity index is 1370. The monoisotopic (exact) mass is 380 g/mol. The van der Waals surface area contributed by atoms with Crippen LogP contribution in [0.2, 0.25) is 0 Å². The second kappa shape index (κ2) is 5.92. The van der Waals surface area contributed by atoms with E-state index < -0.39 is 0 Å². The van der Waals surface area contributed by atoms with Gasteiger partial charge in [-0.2, -0.15) is 10.4 Å². The van der Waals surface area contributed by atoms with Crippen molar-refractivity contribution in [3.8, 4) is 17.2 Å². The molecule has 0 saturated heterocycles. The standard InChI is InChI=1S/C24H20N4O/c1-24(2)11-19-22(21(29)12-24)20-10-17(18(13-25)23(26)28(20)27-19)16-8-7-14-5-3-4-6-15(14)9-16/h3-10H,11-12,26H2,1-2H3. The summed E-state index contributed by atoms with van der Waals surface area (Å²) >= 11 is 0. The number of benzene rings is 2. The Morgan fingerprint density at radius 2 is 1.86 bits per heavy atom. The number of anilines is 1. The molecule has 29 heavy (non-hydrogen) atoms. The summed E-state index contributed by atoms with van der Waals surface area (Å²) in [4.78, 5) is 12.9. The number of carbonyl (C=O) groups excluding carboxylic acids is 1. The van der Waals surface area contributed by atoms with Crippen molar-refractivity contribution < 1.29 is 4.79 Å². The summed E-state index contributed by atoms with van der Waals surface area (Å²) < 4.78 is 1.56. The summed E-state index contributed by atoms with van der Waals surface area (Å²) in [5.74, 6) is 0.355. The number of nitrogen functional groups attached to an aromatic ring is 1. The number of aromatic nitrogens is 2. The average Bonchev–Trinajstić information content (AvgIpc) is 3.05. The SMILES string of the molecule is CC1(C)CC(=O)c2c(nn3c(N)c(C#N)c(-c4ccc5ccccc5c4)cc23)C1. The maximum absolute atomic E-state index is 12.9. The van der Waals surface area contributed by atoms with Gasteiger partial charge in [0.05, 0.1) is 16.8 Å². The van der Waals surface area contributed by atoms with Crippen LogP contribution in [0, 0.1) is 16.7 Å². The Labute approximate surface area is 168 Å². The topological polar surface area (TPSA) is 84.2 Å². The van der Waals surface area contributed by atoms with Crippen LogP contribution in [-0.4, -0.2) is 15.4 Å². The number of hydrogen-bond acceptors (Lipinski definition) is 4. The molecular formula is C24H20N4O. The van der Waals surface area contributed by atoms with Crippen molar-refractivity contribution in [2.45, 2.75) is 26.7 Å². The molecule has 0 aliphatic heterocycles. The predicted octanol–water partition coefficient (Wildman–Crippen LogP) is 4.76. The van der Waals surface area contributed by atoms with Crippen LogP contribution >= 0.6 is 0 Å². The van der Waals surface area contributed by atoms with Crippen molar-refractivity contribution in [3.63, 3.8) is 0 Å². The van der Waals surface area contributed by atoms with Crippen molar-refractivity contribution in [2.75, 3.05) is 5.73 Å². The van der Waals surface area contributed by atoms with E-state index in [0.717, 1.165) is 27.6 Å². The number of carbonyl (C=O) groups is 1. The molecule has 0 spiro atoms. The fourth-order valence-corrected chi connectivity index (χ4v) is 4.42. The largest absolute Gasteiger partial charge is 0.383 e. The quantitative estimate of drug-likeness (QED) is 0.516. The van der Waals surface area contributed by atoms with Gasteiger partial charge in [0, 0.05) is 12.0 Å². The number of fused-ring (bicyclic) bond motifs is 4. The van der Waals surface area contributed by atoms with Crippen LogP contribution in [-0.2, 0) is 6.42 Å². The summed E-state index contributed by atoms with van der Waals surface area (Å²) in [6.07, 6.45) is 1.19. The Morgan fingerprint density at radius 3 is 2.62 bits per heavy atom. The van der Waals surface area contributed by atoms with Gasteiger partial charge >= 0.3 is 0 Å². The third-order valence-electron chi connectivity index (χ3n) is 5.76. The third-order valence-corrected chi connectivity index (χ3v) is 5.76. The summed E-state index contributed by atoms with van der Waals surface area (Å²) in [6.45, 7) is 4.14. The second-order valence-electron chi connectivity index (χ2n) is 8.55. The molecule has 2 N–H and O–H groups in total. The molecule has 1 aliphatic rings. The van der Waals surface area contributed by atoms with Crippen LogP contribution in [0.25, 0.3) is 27.4 Å². The molecule has 142 valence electrons. The van der Waals surface area contributed by atoms with Gasteiger partial charge in [0.25, 0.3) is 0 Å². The third kappa shape index (κ3) is 2.60. The van der Waals surface area contributed by atoms with E-state index in [1.807, 2.05) is 36.4 Å². The van der Waals surface area contributed by atoms with E-state index in [1.54, 1.807) is 4.52 Å². The van der Waals surface area contributed by atoms with Gasteiger partial charge in [-0.25, -0.2) is 4.52 Å². The zero-order valence-corrected chi connectivity index (χ0v) is 16.4. The molecule has 5 rings (SSSR count). The predicted molar refractivity (Wildman–Crippen MR) is 114 cm³/mol. The van der Waals surface area contributed by atoms with E-state index in [9.17, 15) is 10.1 Å². The highest BCUT2D eigenvalue weighted by atomic mass is 16.1. The highest BCUT2D eigenvalue weighted by Crippen LogP contribution is 2.39. The van der Waals surface area contributed by atoms with Gasteiger partial charge in [-0.15, -0.1) is 0 Å². The summed E-state index contributed by atoms with van der Waals surface area (Å²) in [6, 6.07) is 18.3. The molecule has 0 fully saturated rings. The molecule has 0 radical (unpaired) electrons. The summed E-state index contributed by atoms with van der Waals surface area (Å²) in [5.41, 5.74) is 10.3. The first-order valence-corrected chi connectivity index (χ1v) is 9.64. The van der Waals surface area contributed by atoms with Crippen LogP contribution in [0.3, 0.4) is 0 Å². The Kier molecular flexibility index (Phi) is 3.56. The number of nitrogens with zero attached hydrogens (tertiary/aromatic N) is 3. The molecule has 2 aromatic heterocycles. The normalized spacial score (nSPS) is 15.4. The minimum absolute atomic E-state index is 0.0832. The Morgan fingerprint density at radius 1 is 1.10 bits per heavy atom. The number of pyridine rings is 1. The molecular weight excluding hydrogens is 360 g/mol. The number of hydrogen-bond donors (Lipinski definition) is 1. The van der Waals surface area contributed by atoms with Crippen LogP contribution in [0.15, 0.2) is 48.5 Å². The minimum Gasteiger partial charge on any atom is -0.383 e. The maximum atomic E-state index is 12.9. The second-order valence-corrected chi connectivity index (χ2v) is 8.55. The lowest BCUT2D eigenvalue weighted by Gasteiger charge is -2.27. The average molecular weight is 380 g/mol. The molecule has 2 aromatic carbocycles. The van der Waals surface area contributed by atoms with E-state index in [0.29, 0.717) is 29.5 Å². The minimum atomic E-state index is -0.129. The van der Waals surface area contributed by atoms with E-state index >= 15 is 0 Å². The highest BCUT2D eigenvalue weighted by Gasteiger charge is 2.35. The van der Waals surface area contributed by atoms with Crippen molar-refractivity contribution >= 4 is 27.9 Å². The Hall–Kier alpha value is -3.65. The number of Topliss-reactive ketones (excluding diaryl/α,β-unsaturated/α-hetero) is 1. The molecule has 0 atom stereocenters. The van der Waals surface area contributed by atoms with E-state index in [-0.39, 0.29) is 17.0 Å². The van der Waals surface area contributed by atoms with Crippen molar-refractivity contribution in [1.82, 2.24) is 9.61 Å². The van der Waals surface area contributed by atoms with Crippen molar-refractivity contribution in [2.24, 2.45) is 5.41 Å². The van der Waals surface area contributed by atoms with Crippen LogP contribution in [0.4, 0.5) is 5.82 Å². The van der Waals surface area contributed by atoms with Gasteiger partial charge in [0.1, 0.15) is 17.5 Å². The molecule has 2 heterocycles. The smallest absolute Gasteiger partial charge is 0.167 e. The first-order valence-electron chi connectivity index (χ1n) is 9.64. The van der Waals surface area contributed by atoms with Crippen LogP contribution in [0.5, 0.6) is 0 Å². The molecule has 0 saturated carbocycles. The van der Waals surface area contributed by atoms with Gasteiger partial charge < -0.3 is 5.73 Å². The number of nitriles is 1. The van der Waals surface area contributed by atoms with E-state index in [4.69, 9.17) is 5.73 Å². The van der Waals surface area contributed by atoms with Gasteiger partial charge in [0.15, 0.2) is 5.78 Å². The molecule has 0 unspecified atom stereocenters. The highest BCUT2D eigenvalue weighted by molar-refractivity contribution is 6.06. The van der Waals surface area contributed by atoms with E-state index in [2.05, 4.69) is 37.1 Å². The summed E-state index contributed by atoms with van der Waals surface area (Å²) in [5, 5.41) is 16.7. The zero-order chi connectivity index (χ0) is 20.3.